The lowest BCUT2D eigenvalue weighted by Gasteiger charge is -2.20. The summed E-state index contributed by atoms with van der Waals surface area (Å²) in [4.78, 5) is 0. The predicted octanol–water partition coefficient (Wildman–Crippen LogP) is 2.82. The first-order valence-corrected chi connectivity index (χ1v) is 6.02. The van der Waals surface area contributed by atoms with Crippen LogP contribution < -0.4 is 5.73 Å². The topological polar surface area (TPSA) is 30.9 Å². The zero-order valence-corrected chi connectivity index (χ0v) is 9.96. The Morgan fingerprint density at radius 2 is 2.19 bits per heavy atom. The SMILES string of the molecule is Cc1ccc2c3c(n(C)c2c1)CCCC3N. The fourth-order valence-corrected chi connectivity index (χ4v) is 2.98. The zero-order valence-electron chi connectivity index (χ0n) is 9.96. The molecular weight excluding hydrogens is 196 g/mol. The molecular formula is C14H18N2. The smallest absolute Gasteiger partial charge is 0.0486 e. The Morgan fingerprint density at radius 1 is 1.38 bits per heavy atom. The highest BCUT2D eigenvalue weighted by Crippen LogP contribution is 2.36. The highest BCUT2D eigenvalue weighted by molar-refractivity contribution is 5.86. The minimum atomic E-state index is 0.232. The number of rotatable bonds is 0. The van der Waals surface area contributed by atoms with Crippen molar-refractivity contribution < 1.29 is 0 Å². The van der Waals surface area contributed by atoms with Crippen LogP contribution in [0.15, 0.2) is 18.2 Å². The van der Waals surface area contributed by atoms with Crippen LogP contribution in [0.1, 0.15) is 35.7 Å². The maximum absolute atomic E-state index is 6.25. The number of nitrogens with two attached hydrogens (primary N) is 1. The van der Waals surface area contributed by atoms with E-state index < -0.39 is 0 Å². The van der Waals surface area contributed by atoms with Crippen LogP contribution in [0.4, 0.5) is 0 Å². The molecule has 0 radical (unpaired) electrons. The molecule has 2 aromatic rings. The summed E-state index contributed by atoms with van der Waals surface area (Å²) in [7, 11) is 2.17. The van der Waals surface area contributed by atoms with Gasteiger partial charge in [-0.15, -0.1) is 0 Å². The molecule has 1 aliphatic rings. The second-order valence-corrected chi connectivity index (χ2v) is 4.94. The summed E-state index contributed by atoms with van der Waals surface area (Å²) in [5.41, 5.74) is 11.7. The molecule has 2 nitrogen and oxygen atoms in total. The van der Waals surface area contributed by atoms with Crippen molar-refractivity contribution in [2.75, 3.05) is 0 Å². The van der Waals surface area contributed by atoms with Crippen LogP contribution in [0, 0.1) is 6.92 Å². The molecule has 0 saturated heterocycles. The molecule has 1 unspecified atom stereocenters. The van der Waals surface area contributed by atoms with Gasteiger partial charge in [-0.3, -0.25) is 0 Å². The molecule has 1 aliphatic carbocycles. The molecule has 0 aliphatic heterocycles. The standard InChI is InChI=1S/C14H18N2/c1-9-6-7-10-13(8-9)16(2)12-5-3-4-11(15)14(10)12/h6-8,11H,3-5,15H2,1-2H3. The molecule has 1 heterocycles. The van der Waals surface area contributed by atoms with Crippen molar-refractivity contribution >= 4 is 10.9 Å². The minimum absolute atomic E-state index is 0.232. The first kappa shape index (κ1) is 9.91. The first-order chi connectivity index (χ1) is 7.68. The highest BCUT2D eigenvalue weighted by Gasteiger charge is 2.23. The van der Waals surface area contributed by atoms with Gasteiger partial charge in [-0.1, -0.05) is 12.1 Å². The number of hydrogen-bond acceptors (Lipinski definition) is 1. The quantitative estimate of drug-likeness (QED) is 0.718. The number of nitrogens with zero attached hydrogens (tertiary/aromatic N) is 1. The first-order valence-electron chi connectivity index (χ1n) is 6.02. The Hall–Kier alpha value is -1.28. The van der Waals surface area contributed by atoms with Crippen molar-refractivity contribution in [2.24, 2.45) is 12.8 Å². The molecule has 1 atom stereocenters. The molecule has 0 amide bonds. The van der Waals surface area contributed by atoms with Gasteiger partial charge in [-0.25, -0.2) is 0 Å². The van der Waals surface area contributed by atoms with E-state index in [1.165, 1.54) is 40.6 Å². The average Bonchev–Trinajstić information content (AvgIpc) is 2.55. The molecule has 0 spiro atoms. The molecule has 0 bridgehead atoms. The fraction of sp³-hybridized carbons (Fsp3) is 0.429. The Labute approximate surface area is 96.1 Å². The molecule has 1 aromatic heterocycles. The lowest BCUT2D eigenvalue weighted by molar-refractivity contribution is 0.557. The van der Waals surface area contributed by atoms with Crippen molar-refractivity contribution in [3.05, 3.63) is 35.0 Å². The summed E-state index contributed by atoms with van der Waals surface area (Å²) in [6.07, 6.45) is 3.52. The third-order valence-electron chi connectivity index (χ3n) is 3.82. The normalized spacial score (nSPS) is 20.1. The van der Waals surface area contributed by atoms with E-state index in [9.17, 15) is 0 Å². The van der Waals surface area contributed by atoms with Gasteiger partial charge in [0, 0.05) is 29.7 Å². The van der Waals surface area contributed by atoms with E-state index in [1.807, 2.05) is 0 Å². The predicted molar refractivity (Wildman–Crippen MR) is 67.5 cm³/mol. The van der Waals surface area contributed by atoms with Crippen LogP contribution in [0.3, 0.4) is 0 Å². The third-order valence-corrected chi connectivity index (χ3v) is 3.82. The fourth-order valence-electron chi connectivity index (χ4n) is 2.98. The van der Waals surface area contributed by atoms with E-state index in [1.54, 1.807) is 0 Å². The van der Waals surface area contributed by atoms with E-state index in [0.717, 1.165) is 6.42 Å². The zero-order chi connectivity index (χ0) is 11.3. The van der Waals surface area contributed by atoms with E-state index in [2.05, 4.69) is 36.7 Å². The highest BCUT2D eigenvalue weighted by atomic mass is 15.0. The summed E-state index contributed by atoms with van der Waals surface area (Å²) >= 11 is 0. The minimum Gasteiger partial charge on any atom is -0.347 e. The lowest BCUT2D eigenvalue weighted by atomic mass is 9.91. The van der Waals surface area contributed by atoms with Crippen LogP contribution >= 0.6 is 0 Å². The third kappa shape index (κ3) is 1.23. The van der Waals surface area contributed by atoms with Crippen molar-refractivity contribution in [3.8, 4) is 0 Å². The van der Waals surface area contributed by atoms with Gasteiger partial charge in [0.25, 0.3) is 0 Å². The summed E-state index contributed by atoms with van der Waals surface area (Å²) < 4.78 is 2.33. The van der Waals surface area contributed by atoms with Crippen LogP contribution in [0.5, 0.6) is 0 Å². The van der Waals surface area contributed by atoms with Crippen LogP contribution in [0.25, 0.3) is 10.9 Å². The number of benzene rings is 1. The lowest BCUT2D eigenvalue weighted by Crippen LogP contribution is -2.17. The van der Waals surface area contributed by atoms with Crippen LogP contribution in [-0.4, -0.2) is 4.57 Å². The van der Waals surface area contributed by atoms with Crippen molar-refractivity contribution in [3.63, 3.8) is 0 Å². The Morgan fingerprint density at radius 3 is 3.00 bits per heavy atom. The van der Waals surface area contributed by atoms with Gasteiger partial charge in [-0.2, -0.15) is 0 Å². The summed E-state index contributed by atoms with van der Waals surface area (Å²) in [6.45, 7) is 2.14. The van der Waals surface area contributed by atoms with E-state index in [4.69, 9.17) is 5.73 Å². The Balaban J connectivity index is 2.39. The van der Waals surface area contributed by atoms with E-state index in [-0.39, 0.29) is 6.04 Å². The maximum atomic E-state index is 6.25. The number of aryl methyl sites for hydroxylation is 2. The van der Waals surface area contributed by atoms with Gasteiger partial charge in [0.1, 0.15) is 0 Å². The van der Waals surface area contributed by atoms with Crippen molar-refractivity contribution in [2.45, 2.75) is 32.2 Å². The largest absolute Gasteiger partial charge is 0.347 e. The summed E-state index contributed by atoms with van der Waals surface area (Å²) in [6, 6.07) is 6.91. The Kier molecular flexibility index (Phi) is 2.08. The van der Waals surface area contributed by atoms with Gasteiger partial charge in [-0.05, 0) is 43.4 Å². The molecule has 3 rings (SSSR count). The van der Waals surface area contributed by atoms with Gasteiger partial charge >= 0.3 is 0 Å². The van der Waals surface area contributed by atoms with Gasteiger partial charge in [0.05, 0.1) is 0 Å². The Bertz CT molecular complexity index is 551. The average molecular weight is 214 g/mol. The number of hydrogen-bond donors (Lipinski definition) is 1. The maximum Gasteiger partial charge on any atom is 0.0486 e. The van der Waals surface area contributed by atoms with Crippen molar-refractivity contribution in [1.82, 2.24) is 4.57 Å². The van der Waals surface area contributed by atoms with Crippen LogP contribution in [0.2, 0.25) is 0 Å². The molecule has 2 N–H and O–H groups in total. The second kappa shape index (κ2) is 3.36. The van der Waals surface area contributed by atoms with Gasteiger partial charge < -0.3 is 10.3 Å². The summed E-state index contributed by atoms with van der Waals surface area (Å²) in [5, 5.41) is 1.36. The number of aromatic nitrogens is 1. The number of fused-ring (bicyclic) bond motifs is 3. The van der Waals surface area contributed by atoms with Gasteiger partial charge in [0.15, 0.2) is 0 Å². The summed E-state index contributed by atoms with van der Waals surface area (Å²) in [5.74, 6) is 0. The second-order valence-electron chi connectivity index (χ2n) is 4.94. The van der Waals surface area contributed by atoms with Gasteiger partial charge in [0.2, 0.25) is 0 Å². The monoisotopic (exact) mass is 214 g/mol. The van der Waals surface area contributed by atoms with Crippen LogP contribution in [-0.2, 0) is 13.5 Å². The van der Waals surface area contributed by atoms with Crippen molar-refractivity contribution in [1.29, 1.82) is 0 Å². The van der Waals surface area contributed by atoms with E-state index in [0.29, 0.717) is 0 Å². The molecule has 84 valence electrons. The molecule has 0 saturated carbocycles. The molecule has 2 heteroatoms. The molecule has 16 heavy (non-hydrogen) atoms. The molecule has 1 aromatic carbocycles. The van der Waals surface area contributed by atoms with E-state index >= 15 is 0 Å². The molecule has 0 fully saturated rings.